The first-order valence-electron chi connectivity index (χ1n) is 4.73. The molecule has 7 nitrogen and oxygen atoms in total. The number of benzene rings is 1. The number of hydrogen-bond acceptors (Lipinski definition) is 3. The van der Waals surface area contributed by atoms with Crippen molar-refractivity contribution < 1.29 is 24.6 Å². The third kappa shape index (κ3) is 3.63. The Kier molecular flexibility index (Phi) is 4.03. The fourth-order valence-electron chi connectivity index (χ4n) is 1.05. The summed E-state index contributed by atoms with van der Waals surface area (Å²) in [4.78, 5) is 32.3. The smallest absolute Gasteiger partial charge is 0.351 e. The molecule has 0 spiro atoms. The Hall–Kier alpha value is -2.83. The minimum absolute atomic E-state index is 0.0795. The number of amides is 2. The van der Waals surface area contributed by atoms with E-state index in [1.165, 1.54) is 24.3 Å². The van der Waals surface area contributed by atoms with Crippen molar-refractivity contribution in [1.82, 2.24) is 5.32 Å². The van der Waals surface area contributed by atoms with Crippen LogP contribution >= 0.6 is 0 Å². The number of carbonyl (C=O) groups excluding carboxylic acids is 1. The second-order valence-electron chi connectivity index (χ2n) is 3.25. The predicted molar refractivity (Wildman–Crippen MR) is 62.3 cm³/mol. The number of anilines is 1. The van der Waals surface area contributed by atoms with E-state index in [0.717, 1.165) is 0 Å². The van der Waals surface area contributed by atoms with Crippen LogP contribution in [0.1, 0.15) is 10.4 Å². The third-order valence-corrected chi connectivity index (χ3v) is 1.91. The summed E-state index contributed by atoms with van der Waals surface area (Å²) >= 11 is 0. The van der Waals surface area contributed by atoms with Crippen molar-refractivity contribution in [2.45, 2.75) is 0 Å². The number of aromatic carboxylic acids is 1. The maximum atomic E-state index is 11.3. The second-order valence-corrected chi connectivity index (χ2v) is 3.25. The van der Waals surface area contributed by atoms with Gasteiger partial charge in [-0.05, 0) is 24.3 Å². The van der Waals surface area contributed by atoms with Gasteiger partial charge in [0, 0.05) is 5.69 Å². The zero-order valence-corrected chi connectivity index (χ0v) is 9.14. The number of carboxylic acids is 2. The molecule has 0 aromatic heterocycles. The van der Waals surface area contributed by atoms with Gasteiger partial charge in [-0.25, -0.2) is 14.4 Å². The molecule has 18 heavy (non-hydrogen) atoms. The Balaban J connectivity index is 2.62. The number of carbonyl (C=O) groups is 3. The lowest BCUT2D eigenvalue weighted by Crippen LogP contribution is -2.30. The first-order valence-corrected chi connectivity index (χ1v) is 4.73. The standard InChI is InChI=1S/C11H10N2O5/c1-6(9(14)15)12-11(18)13-8-4-2-7(3-5-8)10(16)17/h2-5H,1H2,(H,14,15)(H,16,17)(H2,12,13,18). The highest BCUT2D eigenvalue weighted by Gasteiger charge is 2.09. The van der Waals surface area contributed by atoms with Crippen LogP contribution in [0.15, 0.2) is 36.5 Å². The van der Waals surface area contributed by atoms with Crippen LogP contribution in [0.2, 0.25) is 0 Å². The molecule has 0 saturated carbocycles. The van der Waals surface area contributed by atoms with Crippen molar-refractivity contribution in [2.75, 3.05) is 5.32 Å². The average Bonchev–Trinajstić information content (AvgIpc) is 2.29. The number of hydrogen-bond donors (Lipinski definition) is 4. The topological polar surface area (TPSA) is 116 Å². The first-order chi connectivity index (χ1) is 8.40. The summed E-state index contributed by atoms with van der Waals surface area (Å²) in [5.74, 6) is -2.42. The molecule has 0 atom stereocenters. The van der Waals surface area contributed by atoms with Crippen molar-refractivity contribution in [3.63, 3.8) is 0 Å². The predicted octanol–water partition coefficient (Wildman–Crippen LogP) is 1.10. The molecule has 0 saturated heterocycles. The van der Waals surface area contributed by atoms with E-state index in [1.807, 2.05) is 5.32 Å². The third-order valence-electron chi connectivity index (χ3n) is 1.91. The normalized spacial score (nSPS) is 9.33. The number of urea groups is 1. The molecule has 1 aromatic rings. The summed E-state index contributed by atoms with van der Waals surface area (Å²) in [6.45, 7) is 3.12. The van der Waals surface area contributed by atoms with Crippen molar-refractivity contribution >= 4 is 23.7 Å². The second kappa shape index (κ2) is 5.48. The van der Waals surface area contributed by atoms with E-state index in [-0.39, 0.29) is 5.56 Å². The molecule has 7 heteroatoms. The van der Waals surface area contributed by atoms with Gasteiger partial charge in [0.25, 0.3) is 0 Å². The van der Waals surface area contributed by atoms with Crippen LogP contribution in [0.25, 0.3) is 0 Å². The lowest BCUT2D eigenvalue weighted by molar-refractivity contribution is -0.132. The summed E-state index contributed by atoms with van der Waals surface area (Å²) in [5.41, 5.74) is -0.0544. The van der Waals surface area contributed by atoms with Gasteiger partial charge in [-0.3, -0.25) is 0 Å². The van der Waals surface area contributed by atoms with E-state index in [2.05, 4.69) is 11.9 Å². The molecule has 0 unspecified atom stereocenters. The summed E-state index contributed by atoms with van der Waals surface area (Å²) in [6.07, 6.45) is 0. The van der Waals surface area contributed by atoms with Crippen molar-refractivity contribution in [2.24, 2.45) is 0 Å². The molecule has 94 valence electrons. The largest absolute Gasteiger partial charge is 0.478 e. The minimum Gasteiger partial charge on any atom is -0.478 e. The van der Waals surface area contributed by atoms with E-state index in [9.17, 15) is 14.4 Å². The Morgan fingerprint density at radius 3 is 2.06 bits per heavy atom. The van der Waals surface area contributed by atoms with Gasteiger partial charge in [0.05, 0.1) is 5.56 Å². The quantitative estimate of drug-likeness (QED) is 0.597. The minimum atomic E-state index is -1.34. The Labute approximate surface area is 102 Å². The number of nitrogens with one attached hydrogen (secondary N) is 2. The molecule has 1 rings (SSSR count). The van der Waals surface area contributed by atoms with E-state index in [0.29, 0.717) is 5.69 Å². The molecule has 0 aliphatic rings. The van der Waals surface area contributed by atoms with Gasteiger partial charge < -0.3 is 20.8 Å². The van der Waals surface area contributed by atoms with Crippen LogP contribution in [0.3, 0.4) is 0 Å². The first kappa shape index (κ1) is 13.2. The highest BCUT2D eigenvalue weighted by atomic mass is 16.4. The van der Waals surface area contributed by atoms with Gasteiger partial charge in [0.2, 0.25) is 0 Å². The van der Waals surface area contributed by atoms with Gasteiger partial charge >= 0.3 is 18.0 Å². The fraction of sp³-hybridized carbons (Fsp3) is 0. The molecule has 0 heterocycles. The Morgan fingerprint density at radius 2 is 1.61 bits per heavy atom. The van der Waals surface area contributed by atoms with Crippen molar-refractivity contribution in [3.8, 4) is 0 Å². The van der Waals surface area contributed by atoms with Crippen molar-refractivity contribution in [3.05, 3.63) is 42.1 Å². The lowest BCUT2D eigenvalue weighted by atomic mass is 10.2. The molecule has 0 bridgehead atoms. The zero-order chi connectivity index (χ0) is 13.7. The van der Waals surface area contributed by atoms with Crippen LogP contribution in [0.5, 0.6) is 0 Å². The van der Waals surface area contributed by atoms with Crippen LogP contribution in [0, 0.1) is 0 Å². The van der Waals surface area contributed by atoms with E-state index >= 15 is 0 Å². The van der Waals surface area contributed by atoms with Gasteiger partial charge in [0.1, 0.15) is 5.70 Å². The van der Waals surface area contributed by atoms with Crippen molar-refractivity contribution in [1.29, 1.82) is 0 Å². The lowest BCUT2D eigenvalue weighted by Gasteiger charge is -2.07. The highest BCUT2D eigenvalue weighted by molar-refractivity contribution is 5.97. The molecule has 2 amide bonds. The van der Waals surface area contributed by atoms with Gasteiger partial charge in [0.15, 0.2) is 0 Å². The summed E-state index contributed by atoms with van der Waals surface area (Å²) < 4.78 is 0. The van der Waals surface area contributed by atoms with Crippen LogP contribution in [0.4, 0.5) is 10.5 Å². The monoisotopic (exact) mass is 250 g/mol. The Morgan fingerprint density at radius 1 is 1.06 bits per heavy atom. The summed E-state index contributed by atoms with van der Waals surface area (Å²) in [7, 11) is 0. The average molecular weight is 250 g/mol. The highest BCUT2D eigenvalue weighted by Crippen LogP contribution is 2.09. The van der Waals surface area contributed by atoms with Crippen LogP contribution in [-0.4, -0.2) is 28.2 Å². The maximum Gasteiger partial charge on any atom is 0.351 e. The number of aliphatic carboxylic acids is 1. The summed E-state index contributed by atoms with van der Waals surface area (Å²) in [6, 6.07) is 4.61. The number of carboxylic acid groups (broad SMARTS) is 2. The Bertz CT molecular complexity index is 507. The number of rotatable bonds is 4. The summed E-state index contributed by atoms with van der Waals surface area (Å²) in [5, 5.41) is 21.5. The molecule has 0 fully saturated rings. The van der Waals surface area contributed by atoms with E-state index < -0.39 is 23.7 Å². The van der Waals surface area contributed by atoms with Gasteiger partial charge in [-0.2, -0.15) is 0 Å². The van der Waals surface area contributed by atoms with Gasteiger partial charge in [-0.15, -0.1) is 0 Å². The van der Waals surface area contributed by atoms with Crippen LogP contribution in [-0.2, 0) is 4.79 Å². The van der Waals surface area contributed by atoms with E-state index in [4.69, 9.17) is 10.2 Å². The maximum absolute atomic E-state index is 11.3. The molecular weight excluding hydrogens is 240 g/mol. The molecular formula is C11H10N2O5. The zero-order valence-electron chi connectivity index (χ0n) is 9.14. The molecule has 0 aliphatic heterocycles. The molecule has 0 aliphatic carbocycles. The molecule has 4 N–H and O–H groups in total. The van der Waals surface area contributed by atoms with E-state index in [1.54, 1.807) is 0 Å². The van der Waals surface area contributed by atoms with Crippen LogP contribution < -0.4 is 10.6 Å². The fourth-order valence-corrected chi connectivity index (χ4v) is 1.05. The van der Waals surface area contributed by atoms with Gasteiger partial charge in [-0.1, -0.05) is 6.58 Å². The SMILES string of the molecule is C=C(NC(=O)Nc1ccc(C(=O)O)cc1)C(=O)O. The molecule has 1 aromatic carbocycles. The molecule has 0 radical (unpaired) electrons.